The largest absolute Gasteiger partial charge is 0.383 e. The summed E-state index contributed by atoms with van der Waals surface area (Å²) in [5, 5.41) is 0. The first kappa shape index (κ1) is 13.9. The number of hydrogen-bond acceptors (Lipinski definition) is 3. The van der Waals surface area contributed by atoms with E-state index in [9.17, 15) is 0 Å². The predicted molar refractivity (Wildman–Crippen MR) is 74.5 cm³/mol. The molecule has 0 aliphatic carbocycles. The van der Waals surface area contributed by atoms with E-state index in [1.807, 2.05) is 13.2 Å². The van der Waals surface area contributed by atoms with Crippen LogP contribution in [0.25, 0.3) is 0 Å². The van der Waals surface area contributed by atoms with E-state index in [2.05, 4.69) is 54.7 Å². The zero-order valence-corrected chi connectivity index (χ0v) is 12.9. The van der Waals surface area contributed by atoms with Crippen LogP contribution in [0.5, 0.6) is 0 Å². The summed E-state index contributed by atoms with van der Waals surface area (Å²) >= 11 is 7.01. The van der Waals surface area contributed by atoms with Crippen LogP contribution in [0, 0.1) is 6.92 Å². The number of nitrogens with zero attached hydrogens (tertiary/aromatic N) is 2. The molecule has 0 aliphatic heterocycles. The first-order valence-corrected chi connectivity index (χ1v) is 6.71. The topological polar surface area (TPSA) is 25.4 Å². The Morgan fingerprint density at radius 2 is 2.25 bits per heavy atom. The minimum Gasteiger partial charge on any atom is -0.383 e. The number of hydrogen-bond donors (Lipinski definition) is 0. The van der Waals surface area contributed by atoms with Crippen molar-refractivity contribution in [3.05, 3.63) is 22.3 Å². The van der Waals surface area contributed by atoms with E-state index in [1.54, 1.807) is 7.11 Å². The minimum absolute atomic E-state index is 0.313. The molecule has 0 N–H and O–H groups in total. The van der Waals surface area contributed by atoms with Gasteiger partial charge in [0.15, 0.2) is 0 Å². The molecule has 0 spiro atoms. The number of halogens is 2. The monoisotopic (exact) mass is 350 g/mol. The van der Waals surface area contributed by atoms with Gasteiger partial charge in [0.2, 0.25) is 0 Å². The molecule has 1 unspecified atom stereocenters. The molecule has 1 heterocycles. The highest BCUT2D eigenvalue weighted by atomic mass is 79.9. The fourth-order valence-electron chi connectivity index (χ4n) is 1.36. The van der Waals surface area contributed by atoms with E-state index in [4.69, 9.17) is 4.74 Å². The number of aromatic nitrogens is 1. The van der Waals surface area contributed by atoms with Gasteiger partial charge in [-0.2, -0.15) is 0 Å². The van der Waals surface area contributed by atoms with Gasteiger partial charge in [-0.1, -0.05) is 15.9 Å². The molecule has 0 aliphatic rings. The Morgan fingerprint density at radius 1 is 1.56 bits per heavy atom. The molecule has 0 saturated carbocycles. The lowest BCUT2D eigenvalue weighted by Crippen LogP contribution is -2.28. The van der Waals surface area contributed by atoms with Crippen LogP contribution in [-0.2, 0) is 4.74 Å². The Kier molecular flexibility index (Phi) is 5.72. The molecule has 1 atom stereocenters. The predicted octanol–water partition coefficient (Wildman–Crippen LogP) is 3.00. The average Bonchev–Trinajstić information content (AvgIpc) is 2.22. The molecule has 0 bridgehead atoms. The van der Waals surface area contributed by atoms with Crippen LogP contribution in [-0.4, -0.2) is 37.1 Å². The molecule has 1 rings (SSSR count). The van der Waals surface area contributed by atoms with Gasteiger partial charge >= 0.3 is 0 Å². The lowest BCUT2D eigenvalue weighted by molar-refractivity contribution is 0.201. The summed E-state index contributed by atoms with van der Waals surface area (Å²) in [6.07, 6.45) is 1.83. The van der Waals surface area contributed by atoms with Crippen molar-refractivity contribution >= 4 is 37.7 Å². The van der Waals surface area contributed by atoms with Gasteiger partial charge in [-0.3, -0.25) is 0 Å². The molecule has 0 radical (unpaired) electrons. The second kappa shape index (κ2) is 6.57. The Labute approximate surface area is 113 Å². The smallest absolute Gasteiger partial charge is 0.128 e. The van der Waals surface area contributed by atoms with Gasteiger partial charge in [-0.25, -0.2) is 4.98 Å². The third kappa shape index (κ3) is 4.03. The number of anilines is 1. The lowest BCUT2D eigenvalue weighted by Gasteiger charge is -2.21. The van der Waals surface area contributed by atoms with Crippen LogP contribution >= 0.6 is 31.9 Å². The van der Waals surface area contributed by atoms with Crippen molar-refractivity contribution in [3.63, 3.8) is 0 Å². The van der Waals surface area contributed by atoms with E-state index >= 15 is 0 Å². The maximum atomic E-state index is 5.08. The highest BCUT2D eigenvalue weighted by Gasteiger charge is 2.10. The molecular formula is C11H16Br2N2O. The van der Waals surface area contributed by atoms with Gasteiger partial charge in [0.05, 0.1) is 11.4 Å². The molecule has 16 heavy (non-hydrogen) atoms. The van der Waals surface area contributed by atoms with Crippen LogP contribution in [0.4, 0.5) is 5.82 Å². The fourth-order valence-corrected chi connectivity index (χ4v) is 2.27. The normalized spacial score (nSPS) is 12.6. The summed E-state index contributed by atoms with van der Waals surface area (Å²) in [7, 11) is 3.73. The average molecular weight is 352 g/mol. The van der Waals surface area contributed by atoms with Crippen LogP contribution in [0.1, 0.15) is 5.56 Å². The molecule has 0 aromatic carbocycles. The van der Waals surface area contributed by atoms with Gasteiger partial charge in [-0.15, -0.1) is 0 Å². The summed E-state index contributed by atoms with van der Waals surface area (Å²) in [5.74, 6) is 0.973. The second-order valence-corrected chi connectivity index (χ2v) is 5.87. The minimum atomic E-state index is 0.313. The zero-order valence-electron chi connectivity index (χ0n) is 9.70. The van der Waals surface area contributed by atoms with Crippen molar-refractivity contribution in [1.82, 2.24) is 4.98 Å². The van der Waals surface area contributed by atoms with Crippen molar-refractivity contribution in [2.45, 2.75) is 11.8 Å². The van der Waals surface area contributed by atoms with E-state index in [0.717, 1.165) is 16.8 Å². The number of aryl methyl sites for hydroxylation is 1. The van der Waals surface area contributed by atoms with Crippen molar-refractivity contribution < 1.29 is 4.74 Å². The highest BCUT2D eigenvalue weighted by molar-refractivity contribution is 9.10. The summed E-state index contributed by atoms with van der Waals surface area (Å²) < 4.78 is 6.12. The fraction of sp³-hybridized carbons (Fsp3) is 0.545. The van der Waals surface area contributed by atoms with Gasteiger partial charge in [0.25, 0.3) is 0 Å². The van der Waals surface area contributed by atoms with E-state index in [1.165, 1.54) is 5.56 Å². The molecule has 0 fully saturated rings. The quantitative estimate of drug-likeness (QED) is 0.762. The maximum Gasteiger partial charge on any atom is 0.128 e. The molecule has 5 heteroatoms. The molecule has 0 amide bonds. The van der Waals surface area contributed by atoms with Crippen molar-refractivity contribution in [3.8, 4) is 0 Å². The Hall–Kier alpha value is -0.130. The summed E-state index contributed by atoms with van der Waals surface area (Å²) in [6.45, 7) is 3.62. The zero-order chi connectivity index (χ0) is 12.1. The van der Waals surface area contributed by atoms with Gasteiger partial charge < -0.3 is 9.64 Å². The van der Waals surface area contributed by atoms with Gasteiger partial charge in [0, 0.05) is 31.4 Å². The van der Waals surface area contributed by atoms with Crippen LogP contribution in [0.15, 0.2) is 16.7 Å². The lowest BCUT2D eigenvalue weighted by atomic mass is 10.3. The summed E-state index contributed by atoms with van der Waals surface area (Å²) in [5.41, 5.74) is 1.19. The number of pyridine rings is 1. The maximum absolute atomic E-state index is 5.08. The summed E-state index contributed by atoms with van der Waals surface area (Å²) in [6, 6.07) is 2.07. The first-order valence-electron chi connectivity index (χ1n) is 5.01. The van der Waals surface area contributed by atoms with Crippen LogP contribution in [0.3, 0.4) is 0 Å². The van der Waals surface area contributed by atoms with Gasteiger partial charge in [0.1, 0.15) is 5.82 Å². The van der Waals surface area contributed by atoms with Crippen molar-refractivity contribution in [1.29, 1.82) is 0 Å². The van der Waals surface area contributed by atoms with E-state index < -0.39 is 0 Å². The third-order valence-electron chi connectivity index (χ3n) is 2.24. The SMILES string of the molecule is COCC(Br)CN(C)c1cc(C)c(Br)cn1. The number of methoxy groups -OCH3 is 1. The van der Waals surface area contributed by atoms with Crippen LogP contribution in [0.2, 0.25) is 0 Å². The first-order chi connectivity index (χ1) is 7.54. The molecule has 1 aromatic rings. The van der Waals surface area contributed by atoms with Crippen molar-refractivity contribution in [2.75, 3.05) is 32.2 Å². The third-order valence-corrected chi connectivity index (χ3v) is 3.63. The number of alkyl halides is 1. The van der Waals surface area contributed by atoms with Crippen LogP contribution < -0.4 is 4.90 Å². The summed E-state index contributed by atoms with van der Waals surface area (Å²) in [4.78, 5) is 6.79. The van der Waals surface area contributed by atoms with E-state index in [-0.39, 0.29) is 0 Å². The molecule has 0 saturated heterocycles. The standard InChI is InChI=1S/C11H16Br2N2O/c1-8-4-11(14-5-10(8)13)15(2)6-9(12)7-16-3/h4-5,9H,6-7H2,1-3H3. The molecular weight excluding hydrogens is 336 g/mol. The molecule has 90 valence electrons. The second-order valence-electron chi connectivity index (χ2n) is 3.72. The Morgan fingerprint density at radius 3 is 2.81 bits per heavy atom. The number of rotatable bonds is 5. The van der Waals surface area contributed by atoms with E-state index in [0.29, 0.717) is 11.4 Å². The Balaban J connectivity index is 2.65. The van der Waals surface area contributed by atoms with Gasteiger partial charge in [-0.05, 0) is 34.5 Å². The Bertz CT molecular complexity index is 347. The van der Waals surface area contributed by atoms with Crippen molar-refractivity contribution in [2.24, 2.45) is 0 Å². The number of ether oxygens (including phenoxy) is 1. The highest BCUT2D eigenvalue weighted by Crippen LogP contribution is 2.19. The molecule has 3 nitrogen and oxygen atoms in total. The molecule has 1 aromatic heterocycles.